The summed E-state index contributed by atoms with van der Waals surface area (Å²) >= 11 is 0. The van der Waals surface area contributed by atoms with Gasteiger partial charge in [0.05, 0.1) is 12.8 Å². The fourth-order valence-corrected chi connectivity index (χ4v) is 2.24. The Kier molecular flexibility index (Phi) is 3.28. The molecular formula is C14H18N2O2. The van der Waals surface area contributed by atoms with Crippen molar-refractivity contribution in [2.45, 2.75) is 27.2 Å². The lowest BCUT2D eigenvalue weighted by Crippen LogP contribution is -1.93. The largest absolute Gasteiger partial charge is 0.496 e. The molecule has 0 aliphatic heterocycles. The fraction of sp³-hybridized carbons (Fsp3) is 0.357. The number of ether oxygens (including phenoxy) is 1. The molecule has 0 bridgehead atoms. The van der Waals surface area contributed by atoms with Crippen LogP contribution in [0.1, 0.15) is 23.7 Å². The molecule has 2 rings (SSSR count). The van der Waals surface area contributed by atoms with Crippen molar-refractivity contribution in [2.24, 2.45) is 0 Å². The molecule has 0 unspecified atom stereocenters. The first-order valence-corrected chi connectivity index (χ1v) is 5.97. The van der Waals surface area contributed by atoms with Gasteiger partial charge in [-0.3, -0.25) is 0 Å². The van der Waals surface area contributed by atoms with Crippen molar-refractivity contribution < 1.29 is 9.15 Å². The van der Waals surface area contributed by atoms with Gasteiger partial charge in [0.25, 0.3) is 6.01 Å². The van der Waals surface area contributed by atoms with Crippen LogP contribution in [0.4, 0.5) is 6.01 Å². The summed E-state index contributed by atoms with van der Waals surface area (Å²) in [6.45, 7) is 6.06. The topological polar surface area (TPSA) is 61.3 Å². The number of oxazole rings is 1. The minimum absolute atomic E-state index is 0.216. The van der Waals surface area contributed by atoms with Crippen LogP contribution in [0.3, 0.4) is 0 Å². The van der Waals surface area contributed by atoms with Crippen molar-refractivity contribution in [1.82, 2.24) is 4.98 Å². The van der Waals surface area contributed by atoms with E-state index in [1.165, 1.54) is 0 Å². The van der Waals surface area contributed by atoms with E-state index in [9.17, 15) is 0 Å². The number of nitrogen functional groups attached to an aromatic ring is 1. The van der Waals surface area contributed by atoms with Crippen LogP contribution in [-0.4, -0.2) is 12.1 Å². The lowest BCUT2D eigenvalue weighted by Gasteiger charge is -2.10. The maximum Gasteiger partial charge on any atom is 0.292 e. The van der Waals surface area contributed by atoms with Crippen molar-refractivity contribution in [3.8, 4) is 17.1 Å². The highest BCUT2D eigenvalue weighted by atomic mass is 16.5. The molecule has 0 saturated carbocycles. The van der Waals surface area contributed by atoms with Gasteiger partial charge in [-0.25, -0.2) is 0 Å². The molecule has 0 aliphatic rings. The van der Waals surface area contributed by atoms with E-state index in [1.54, 1.807) is 7.11 Å². The zero-order valence-electron chi connectivity index (χ0n) is 11.2. The molecule has 1 heterocycles. The SMILES string of the molecule is CCc1nc(N)oc1-c1cc(C)c(OC)c(C)c1. The molecule has 0 amide bonds. The Hall–Kier alpha value is -1.97. The van der Waals surface area contributed by atoms with Gasteiger partial charge in [0.1, 0.15) is 5.75 Å². The average molecular weight is 246 g/mol. The van der Waals surface area contributed by atoms with Crippen LogP contribution in [0.2, 0.25) is 0 Å². The first-order valence-electron chi connectivity index (χ1n) is 5.97. The Labute approximate surface area is 107 Å². The summed E-state index contributed by atoms with van der Waals surface area (Å²) < 4.78 is 10.9. The van der Waals surface area contributed by atoms with Crippen molar-refractivity contribution in [3.63, 3.8) is 0 Å². The second-order valence-electron chi connectivity index (χ2n) is 4.32. The molecule has 0 saturated heterocycles. The molecule has 0 fully saturated rings. The van der Waals surface area contributed by atoms with Gasteiger partial charge in [-0.15, -0.1) is 0 Å². The summed E-state index contributed by atoms with van der Waals surface area (Å²) in [5, 5.41) is 0. The zero-order chi connectivity index (χ0) is 13.3. The van der Waals surface area contributed by atoms with Crippen LogP contribution in [0, 0.1) is 13.8 Å². The van der Waals surface area contributed by atoms with Crippen LogP contribution < -0.4 is 10.5 Å². The number of nitrogens with zero attached hydrogens (tertiary/aromatic N) is 1. The Balaban J connectivity index is 2.57. The zero-order valence-corrected chi connectivity index (χ0v) is 11.2. The van der Waals surface area contributed by atoms with Gasteiger partial charge >= 0.3 is 0 Å². The van der Waals surface area contributed by atoms with E-state index in [4.69, 9.17) is 14.9 Å². The molecular weight excluding hydrogens is 228 g/mol. The number of methoxy groups -OCH3 is 1. The van der Waals surface area contributed by atoms with Gasteiger partial charge in [0, 0.05) is 5.56 Å². The summed E-state index contributed by atoms with van der Waals surface area (Å²) in [7, 11) is 1.68. The van der Waals surface area contributed by atoms with E-state index in [2.05, 4.69) is 4.98 Å². The van der Waals surface area contributed by atoms with Crippen LogP contribution >= 0.6 is 0 Å². The number of aromatic nitrogens is 1. The molecule has 0 radical (unpaired) electrons. The predicted molar refractivity (Wildman–Crippen MR) is 71.8 cm³/mol. The summed E-state index contributed by atoms with van der Waals surface area (Å²) in [5.74, 6) is 1.66. The van der Waals surface area contributed by atoms with Gasteiger partial charge in [-0.2, -0.15) is 4.98 Å². The lowest BCUT2D eigenvalue weighted by atomic mass is 10.0. The molecule has 2 N–H and O–H groups in total. The minimum atomic E-state index is 0.216. The van der Waals surface area contributed by atoms with Gasteiger partial charge in [0.15, 0.2) is 5.76 Å². The van der Waals surface area contributed by atoms with Crippen molar-refractivity contribution in [1.29, 1.82) is 0 Å². The van der Waals surface area contributed by atoms with Crippen LogP contribution in [0.15, 0.2) is 16.5 Å². The molecule has 4 heteroatoms. The molecule has 96 valence electrons. The predicted octanol–water partition coefficient (Wildman–Crippen LogP) is 3.11. The maximum absolute atomic E-state index is 5.62. The molecule has 0 atom stereocenters. The Morgan fingerprint density at radius 1 is 1.28 bits per heavy atom. The van der Waals surface area contributed by atoms with Crippen molar-refractivity contribution >= 4 is 6.01 Å². The quantitative estimate of drug-likeness (QED) is 0.903. The maximum atomic E-state index is 5.62. The van der Waals surface area contributed by atoms with E-state index in [1.807, 2.05) is 32.9 Å². The molecule has 1 aromatic carbocycles. The van der Waals surface area contributed by atoms with Gasteiger partial charge in [-0.05, 0) is 43.5 Å². The van der Waals surface area contributed by atoms with Crippen LogP contribution in [0.5, 0.6) is 5.75 Å². The third-order valence-corrected chi connectivity index (χ3v) is 2.98. The molecule has 0 spiro atoms. The van der Waals surface area contributed by atoms with E-state index in [0.29, 0.717) is 0 Å². The number of hydrogen-bond acceptors (Lipinski definition) is 4. The van der Waals surface area contributed by atoms with Crippen LogP contribution in [0.25, 0.3) is 11.3 Å². The average Bonchev–Trinajstić information content (AvgIpc) is 2.70. The number of benzene rings is 1. The van der Waals surface area contributed by atoms with E-state index >= 15 is 0 Å². The number of rotatable bonds is 3. The van der Waals surface area contributed by atoms with Gasteiger partial charge in [-0.1, -0.05) is 6.92 Å². The highest BCUT2D eigenvalue weighted by Gasteiger charge is 2.14. The van der Waals surface area contributed by atoms with E-state index in [-0.39, 0.29) is 6.01 Å². The Bertz CT molecular complexity index is 550. The van der Waals surface area contributed by atoms with Crippen molar-refractivity contribution in [2.75, 3.05) is 12.8 Å². The third kappa shape index (κ3) is 2.06. The second-order valence-corrected chi connectivity index (χ2v) is 4.32. The number of aryl methyl sites for hydroxylation is 3. The molecule has 4 nitrogen and oxygen atoms in total. The monoisotopic (exact) mass is 246 g/mol. The lowest BCUT2D eigenvalue weighted by molar-refractivity contribution is 0.408. The smallest absolute Gasteiger partial charge is 0.292 e. The van der Waals surface area contributed by atoms with E-state index in [0.717, 1.165) is 40.3 Å². The van der Waals surface area contributed by atoms with Crippen molar-refractivity contribution in [3.05, 3.63) is 29.0 Å². The third-order valence-electron chi connectivity index (χ3n) is 2.98. The van der Waals surface area contributed by atoms with Gasteiger partial charge in [0.2, 0.25) is 0 Å². The summed E-state index contributed by atoms with van der Waals surface area (Å²) in [6, 6.07) is 4.28. The highest BCUT2D eigenvalue weighted by molar-refractivity contribution is 5.65. The standard InChI is InChI=1S/C14H18N2O2/c1-5-11-13(18-14(15)16-11)10-6-8(2)12(17-4)9(3)7-10/h6-7H,5H2,1-4H3,(H2,15,16). The number of anilines is 1. The Morgan fingerprint density at radius 3 is 2.39 bits per heavy atom. The molecule has 18 heavy (non-hydrogen) atoms. The summed E-state index contributed by atoms with van der Waals surface area (Å²) in [4.78, 5) is 4.19. The molecule has 1 aromatic heterocycles. The second kappa shape index (κ2) is 4.72. The minimum Gasteiger partial charge on any atom is -0.496 e. The summed E-state index contributed by atoms with van der Waals surface area (Å²) in [6.07, 6.45) is 0.792. The first-order chi connectivity index (χ1) is 8.56. The number of hydrogen-bond donors (Lipinski definition) is 1. The van der Waals surface area contributed by atoms with Gasteiger partial charge < -0.3 is 14.9 Å². The fourth-order valence-electron chi connectivity index (χ4n) is 2.24. The molecule has 0 aliphatic carbocycles. The van der Waals surface area contributed by atoms with E-state index < -0.39 is 0 Å². The normalized spacial score (nSPS) is 10.7. The highest BCUT2D eigenvalue weighted by Crippen LogP contribution is 2.32. The Morgan fingerprint density at radius 2 is 1.89 bits per heavy atom. The number of nitrogens with two attached hydrogens (primary N) is 1. The summed E-state index contributed by atoms with van der Waals surface area (Å²) in [5.41, 5.74) is 9.65. The molecule has 2 aromatic rings. The van der Waals surface area contributed by atoms with Crippen LogP contribution in [-0.2, 0) is 6.42 Å². The first kappa shape index (κ1) is 12.5.